The molecule has 0 aliphatic carbocycles. The van der Waals surface area contributed by atoms with Crippen LogP contribution >= 0.6 is 0 Å². The summed E-state index contributed by atoms with van der Waals surface area (Å²) in [6, 6.07) is 19.6. The molecule has 0 amide bonds. The molecule has 0 bridgehead atoms. The van der Waals surface area contributed by atoms with Gasteiger partial charge in [-0.2, -0.15) is 5.26 Å². The lowest BCUT2D eigenvalue weighted by Gasteiger charge is -2.10. The number of rotatable bonds is 7. The molecular formula is C26H23NO3. The summed E-state index contributed by atoms with van der Waals surface area (Å²) >= 11 is 0. The second-order valence-corrected chi connectivity index (χ2v) is 7.40. The summed E-state index contributed by atoms with van der Waals surface area (Å²) in [5, 5.41) is 11.7. The molecule has 0 fully saturated rings. The number of nitrogens with zero attached hydrogens (tertiary/aromatic N) is 1. The summed E-state index contributed by atoms with van der Waals surface area (Å²) < 4.78 is 11.7. The van der Waals surface area contributed by atoms with Gasteiger partial charge in [-0.05, 0) is 47.9 Å². The van der Waals surface area contributed by atoms with Crippen LogP contribution in [0.2, 0.25) is 0 Å². The normalized spacial score (nSPS) is 11.0. The Hall–Kier alpha value is -3.58. The highest BCUT2D eigenvalue weighted by Crippen LogP contribution is 2.37. The van der Waals surface area contributed by atoms with Gasteiger partial charge in [-0.3, -0.25) is 4.79 Å². The largest absolute Gasteiger partial charge is 0.478 e. The Labute approximate surface area is 175 Å². The van der Waals surface area contributed by atoms with Crippen LogP contribution in [0.25, 0.3) is 33.1 Å². The number of unbranched alkanes of at least 4 members (excludes halogenated alkanes) is 1. The summed E-state index contributed by atoms with van der Waals surface area (Å²) in [6.07, 6.45) is 2.35. The van der Waals surface area contributed by atoms with E-state index < -0.39 is 0 Å². The lowest BCUT2D eigenvalue weighted by Crippen LogP contribution is -2.00. The molecule has 0 saturated carbocycles. The zero-order valence-corrected chi connectivity index (χ0v) is 17.2. The van der Waals surface area contributed by atoms with Crippen LogP contribution in [-0.2, 0) is 0 Å². The number of benzene rings is 3. The first kappa shape index (κ1) is 19.7. The molecule has 4 rings (SSSR count). The van der Waals surface area contributed by atoms with Crippen molar-refractivity contribution in [3.63, 3.8) is 0 Å². The van der Waals surface area contributed by atoms with Gasteiger partial charge in [-0.1, -0.05) is 49.7 Å². The fraction of sp³-hybridized carbons (Fsp3) is 0.231. The number of carbonyl (C=O) groups is 1. The zero-order chi connectivity index (χ0) is 21.1. The van der Waals surface area contributed by atoms with E-state index in [9.17, 15) is 4.79 Å². The minimum Gasteiger partial charge on any atom is -0.478 e. The standard InChI is InChI=1S/C26H23NO3/c1-3-4-8-22(28)25-21-7-5-6-9-24(21)30-26(25)19-10-12-20-17(2)23(29-15-14-27)13-11-18(20)16-19/h5-7,9-13,16H,3-4,8,15H2,1-2H3. The maximum atomic E-state index is 13.0. The van der Waals surface area contributed by atoms with Crippen molar-refractivity contribution in [3.05, 3.63) is 65.7 Å². The molecule has 0 atom stereocenters. The number of fused-ring (bicyclic) bond motifs is 2. The van der Waals surface area contributed by atoms with Crippen molar-refractivity contribution in [3.8, 4) is 23.1 Å². The Morgan fingerprint density at radius 2 is 1.93 bits per heavy atom. The highest BCUT2D eigenvalue weighted by Gasteiger charge is 2.21. The van der Waals surface area contributed by atoms with E-state index in [1.165, 1.54) is 0 Å². The maximum Gasteiger partial charge on any atom is 0.174 e. The van der Waals surface area contributed by atoms with E-state index >= 15 is 0 Å². The molecule has 1 heterocycles. The SMILES string of the molecule is CCCCC(=O)c1c(-c2ccc3c(C)c(OCC#N)ccc3c2)oc2ccccc12. The molecule has 0 unspecified atom stereocenters. The average Bonchev–Trinajstić information content (AvgIpc) is 3.16. The monoisotopic (exact) mass is 397 g/mol. The number of ether oxygens (including phenoxy) is 1. The van der Waals surface area contributed by atoms with Gasteiger partial charge in [0.25, 0.3) is 0 Å². The van der Waals surface area contributed by atoms with E-state index in [4.69, 9.17) is 14.4 Å². The van der Waals surface area contributed by atoms with Gasteiger partial charge in [-0.25, -0.2) is 0 Å². The molecule has 0 saturated heterocycles. The molecule has 4 heteroatoms. The molecule has 3 aromatic carbocycles. The number of carbonyl (C=O) groups excluding carboxylic acids is 1. The van der Waals surface area contributed by atoms with Crippen molar-refractivity contribution in [2.45, 2.75) is 33.1 Å². The summed E-state index contributed by atoms with van der Waals surface area (Å²) in [7, 11) is 0. The van der Waals surface area contributed by atoms with E-state index in [2.05, 4.69) is 6.92 Å². The van der Waals surface area contributed by atoms with Crippen molar-refractivity contribution in [2.75, 3.05) is 6.61 Å². The van der Waals surface area contributed by atoms with Gasteiger partial charge in [0.1, 0.15) is 23.2 Å². The molecule has 4 aromatic rings. The molecule has 0 spiro atoms. The minimum absolute atomic E-state index is 0.0205. The second kappa shape index (κ2) is 8.42. The van der Waals surface area contributed by atoms with Crippen molar-refractivity contribution >= 4 is 27.5 Å². The third kappa shape index (κ3) is 3.55. The minimum atomic E-state index is 0.0205. The first-order chi connectivity index (χ1) is 14.6. The zero-order valence-electron chi connectivity index (χ0n) is 17.2. The highest BCUT2D eigenvalue weighted by atomic mass is 16.5. The third-order valence-electron chi connectivity index (χ3n) is 5.43. The molecule has 4 nitrogen and oxygen atoms in total. The molecule has 0 aliphatic heterocycles. The van der Waals surface area contributed by atoms with Gasteiger partial charge in [0.05, 0.1) is 5.56 Å². The summed E-state index contributed by atoms with van der Waals surface area (Å²) in [6.45, 7) is 4.09. The topological polar surface area (TPSA) is 63.2 Å². The lowest BCUT2D eigenvalue weighted by atomic mass is 9.96. The Kier molecular flexibility index (Phi) is 5.54. The Morgan fingerprint density at radius 3 is 2.73 bits per heavy atom. The molecule has 0 radical (unpaired) electrons. The lowest BCUT2D eigenvalue weighted by molar-refractivity contribution is 0.0981. The van der Waals surface area contributed by atoms with Crippen LogP contribution in [0, 0.1) is 18.3 Å². The van der Waals surface area contributed by atoms with Gasteiger partial charge in [0.15, 0.2) is 12.4 Å². The van der Waals surface area contributed by atoms with Crippen molar-refractivity contribution in [1.82, 2.24) is 0 Å². The first-order valence-electron chi connectivity index (χ1n) is 10.2. The highest BCUT2D eigenvalue weighted by molar-refractivity contribution is 6.12. The number of hydrogen-bond donors (Lipinski definition) is 0. The number of ketones is 1. The van der Waals surface area contributed by atoms with Gasteiger partial charge >= 0.3 is 0 Å². The quantitative estimate of drug-likeness (QED) is 0.320. The van der Waals surface area contributed by atoms with E-state index in [1.54, 1.807) is 0 Å². The van der Waals surface area contributed by atoms with Crippen LogP contribution in [0.3, 0.4) is 0 Å². The summed E-state index contributed by atoms with van der Waals surface area (Å²) in [5.41, 5.74) is 3.26. The Bertz CT molecular complexity index is 1280. The van der Waals surface area contributed by atoms with Gasteiger partial charge in [0.2, 0.25) is 0 Å². The number of Topliss-reactive ketones (excluding diaryl/α,β-unsaturated/α-hetero) is 1. The number of nitriles is 1. The van der Waals surface area contributed by atoms with Crippen LogP contribution < -0.4 is 4.74 Å². The van der Waals surface area contributed by atoms with E-state index in [1.807, 2.05) is 67.6 Å². The smallest absolute Gasteiger partial charge is 0.174 e. The van der Waals surface area contributed by atoms with Crippen molar-refractivity contribution in [1.29, 1.82) is 5.26 Å². The fourth-order valence-electron chi connectivity index (χ4n) is 3.86. The van der Waals surface area contributed by atoms with Crippen LogP contribution in [0.15, 0.2) is 59.0 Å². The van der Waals surface area contributed by atoms with Crippen molar-refractivity contribution in [2.24, 2.45) is 0 Å². The van der Waals surface area contributed by atoms with E-state index in [0.717, 1.165) is 45.7 Å². The van der Waals surface area contributed by atoms with Crippen LogP contribution in [0.5, 0.6) is 5.75 Å². The molecular weight excluding hydrogens is 374 g/mol. The fourth-order valence-corrected chi connectivity index (χ4v) is 3.86. The Balaban J connectivity index is 1.84. The number of hydrogen-bond acceptors (Lipinski definition) is 4. The number of para-hydroxylation sites is 1. The van der Waals surface area contributed by atoms with E-state index in [-0.39, 0.29) is 12.4 Å². The number of aryl methyl sites for hydroxylation is 1. The molecule has 1 aromatic heterocycles. The Morgan fingerprint density at radius 1 is 1.10 bits per heavy atom. The molecule has 30 heavy (non-hydrogen) atoms. The molecule has 0 aliphatic rings. The van der Waals surface area contributed by atoms with Crippen molar-refractivity contribution < 1.29 is 13.9 Å². The summed E-state index contributed by atoms with van der Waals surface area (Å²) in [5.74, 6) is 1.45. The first-order valence-corrected chi connectivity index (χ1v) is 10.2. The molecule has 150 valence electrons. The maximum absolute atomic E-state index is 13.0. The van der Waals surface area contributed by atoms with E-state index in [0.29, 0.717) is 23.5 Å². The van der Waals surface area contributed by atoms with Crippen LogP contribution in [0.4, 0.5) is 0 Å². The second-order valence-electron chi connectivity index (χ2n) is 7.40. The van der Waals surface area contributed by atoms with Gasteiger partial charge in [-0.15, -0.1) is 0 Å². The predicted molar refractivity (Wildman–Crippen MR) is 119 cm³/mol. The number of furan rings is 1. The van der Waals surface area contributed by atoms with Crippen LogP contribution in [-0.4, -0.2) is 12.4 Å². The van der Waals surface area contributed by atoms with Gasteiger partial charge < -0.3 is 9.15 Å². The average molecular weight is 397 g/mol. The third-order valence-corrected chi connectivity index (χ3v) is 5.43. The van der Waals surface area contributed by atoms with Gasteiger partial charge in [0, 0.05) is 17.4 Å². The van der Waals surface area contributed by atoms with Crippen LogP contribution in [0.1, 0.15) is 42.1 Å². The predicted octanol–water partition coefficient (Wildman–Crippen LogP) is 6.84. The molecule has 0 N–H and O–H groups in total. The summed E-state index contributed by atoms with van der Waals surface area (Å²) in [4.78, 5) is 13.0.